The van der Waals surface area contributed by atoms with Gasteiger partial charge in [-0.2, -0.15) is 26.3 Å². The Hall–Kier alpha value is -4.62. The molecular weight excluding hydrogens is 564 g/mol. The predicted octanol–water partition coefficient (Wildman–Crippen LogP) is 6.38. The zero-order chi connectivity index (χ0) is 30.2. The number of nitrogens with zero attached hydrogens (tertiary/aromatic N) is 5. The highest BCUT2D eigenvalue weighted by Gasteiger charge is 2.37. The highest BCUT2D eigenvalue weighted by molar-refractivity contribution is 6.04. The average molecular weight is 590 g/mol. The van der Waals surface area contributed by atoms with Crippen molar-refractivity contribution in [3.63, 3.8) is 0 Å². The van der Waals surface area contributed by atoms with Crippen LogP contribution in [0.5, 0.6) is 0 Å². The summed E-state index contributed by atoms with van der Waals surface area (Å²) in [4.78, 5) is 27.3. The van der Waals surface area contributed by atoms with E-state index in [-0.39, 0.29) is 23.3 Å². The Labute approximate surface area is 235 Å². The van der Waals surface area contributed by atoms with Crippen molar-refractivity contribution in [1.29, 1.82) is 0 Å². The van der Waals surface area contributed by atoms with E-state index in [4.69, 9.17) is 5.73 Å². The number of hydrogen-bond donors (Lipinski definition) is 2. The number of piperidine rings is 1. The van der Waals surface area contributed by atoms with Crippen LogP contribution in [0.1, 0.15) is 52.9 Å². The topological polar surface area (TPSA) is 101 Å². The number of amides is 1. The van der Waals surface area contributed by atoms with E-state index in [9.17, 15) is 31.1 Å². The number of likely N-dealkylation sites (tertiary alicyclic amines) is 1. The van der Waals surface area contributed by atoms with Gasteiger partial charge in [0.05, 0.1) is 22.3 Å². The van der Waals surface area contributed by atoms with Gasteiger partial charge in [-0.1, -0.05) is 6.08 Å². The van der Waals surface area contributed by atoms with Crippen LogP contribution in [0.15, 0.2) is 61.1 Å². The third-order valence-corrected chi connectivity index (χ3v) is 6.97. The first-order valence-corrected chi connectivity index (χ1v) is 12.9. The number of nitrogens with one attached hydrogen (secondary N) is 1. The number of pyridine rings is 1. The van der Waals surface area contributed by atoms with Crippen molar-refractivity contribution < 1.29 is 31.1 Å². The van der Waals surface area contributed by atoms with Gasteiger partial charge in [0.25, 0.3) is 5.91 Å². The van der Waals surface area contributed by atoms with Gasteiger partial charge in [0.1, 0.15) is 11.6 Å². The SMILES string of the molecule is CC=CN1CCCC(c2nc(-c3ccc(C(=O)Nc4cc(C(F)(F)F)ccn4)cc3C(F)(F)F)n3c(N)nccc23)C1. The second kappa shape index (κ2) is 11.0. The number of fused-ring (bicyclic) bond motifs is 1. The van der Waals surface area contributed by atoms with Crippen molar-refractivity contribution in [2.45, 2.75) is 38.0 Å². The maximum atomic E-state index is 14.4. The number of carbonyl (C=O) groups is 1. The van der Waals surface area contributed by atoms with Crippen molar-refractivity contribution in [3.8, 4) is 11.4 Å². The number of anilines is 2. The van der Waals surface area contributed by atoms with Gasteiger partial charge in [-0.15, -0.1) is 0 Å². The minimum Gasteiger partial charge on any atom is -0.377 e. The zero-order valence-electron chi connectivity index (χ0n) is 22.2. The van der Waals surface area contributed by atoms with Crippen LogP contribution >= 0.6 is 0 Å². The van der Waals surface area contributed by atoms with Crippen LogP contribution in [0.3, 0.4) is 0 Å². The minimum absolute atomic E-state index is 0.0621. The van der Waals surface area contributed by atoms with E-state index in [0.717, 1.165) is 37.7 Å². The number of allylic oxidation sites excluding steroid dienone is 1. The summed E-state index contributed by atoms with van der Waals surface area (Å²) in [5.74, 6) is -1.77. The van der Waals surface area contributed by atoms with Gasteiger partial charge < -0.3 is 16.0 Å². The molecule has 8 nitrogen and oxygen atoms in total. The van der Waals surface area contributed by atoms with Gasteiger partial charge in [0.15, 0.2) is 0 Å². The molecule has 42 heavy (non-hydrogen) atoms. The summed E-state index contributed by atoms with van der Waals surface area (Å²) in [6.45, 7) is 3.37. The maximum absolute atomic E-state index is 14.4. The molecule has 14 heteroatoms. The van der Waals surface area contributed by atoms with Crippen molar-refractivity contribution in [2.24, 2.45) is 0 Å². The van der Waals surface area contributed by atoms with Crippen LogP contribution in [-0.4, -0.2) is 43.2 Å². The minimum atomic E-state index is -4.92. The molecule has 1 aromatic carbocycles. The monoisotopic (exact) mass is 589 g/mol. The molecule has 1 amide bonds. The summed E-state index contributed by atoms with van der Waals surface area (Å²) in [5.41, 5.74) is 4.23. The highest BCUT2D eigenvalue weighted by Crippen LogP contribution is 2.40. The lowest BCUT2D eigenvalue weighted by Crippen LogP contribution is -2.30. The standard InChI is InChI=1S/C28H25F6N7O/c1-2-11-40-12-3-4-17(15-40)23-21-8-10-37-26(35)41(21)24(39-23)19-6-5-16(13-20(19)28(32,33)34)25(42)38-22-14-18(7-9-36-22)27(29,30)31/h2,5-11,13-14,17H,3-4,12,15H2,1H3,(H2,35,37)(H,36,38,42). The largest absolute Gasteiger partial charge is 0.417 e. The lowest BCUT2D eigenvalue weighted by molar-refractivity contribution is -0.138. The van der Waals surface area contributed by atoms with Gasteiger partial charge >= 0.3 is 12.4 Å². The summed E-state index contributed by atoms with van der Waals surface area (Å²) in [7, 11) is 0. The van der Waals surface area contributed by atoms with Crippen molar-refractivity contribution in [3.05, 3.63) is 83.5 Å². The normalized spacial score (nSPS) is 16.4. The predicted molar refractivity (Wildman–Crippen MR) is 143 cm³/mol. The summed E-state index contributed by atoms with van der Waals surface area (Å²) >= 11 is 0. The van der Waals surface area contributed by atoms with Crippen LogP contribution in [0, 0.1) is 0 Å². The second-order valence-electron chi connectivity index (χ2n) is 9.80. The molecule has 0 bridgehead atoms. The fourth-order valence-corrected chi connectivity index (χ4v) is 5.12. The molecular formula is C28H25F6N7O. The van der Waals surface area contributed by atoms with Crippen LogP contribution < -0.4 is 11.1 Å². The molecule has 3 N–H and O–H groups in total. The average Bonchev–Trinajstić information content (AvgIpc) is 3.33. The molecule has 1 aliphatic heterocycles. The summed E-state index contributed by atoms with van der Waals surface area (Å²) in [6, 6.07) is 5.80. The van der Waals surface area contributed by atoms with Crippen LogP contribution in [0.4, 0.5) is 38.1 Å². The molecule has 4 heterocycles. The first kappa shape index (κ1) is 28.9. The lowest BCUT2D eigenvalue weighted by atomic mass is 9.94. The van der Waals surface area contributed by atoms with E-state index in [1.807, 2.05) is 19.2 Å². The van der Waals surface area contributed by atoms with Gasteiger partial charge in [0, 0.05) is 42.5 Å². The number of benzene rings is 1. The molecule has 0 radical (unpaired) electrons. The molecule has 0 saturated carbocycles. The molecule has 1 fully saturated rings. The number of rotatable bonds is 5. The lowest BCUT2D eigenvalue weighted by Gasteiger charge is -2.31. The molecule has 1 atom stereocenters. The van der Waals surface area contributed by atoms with Crippen molar-refractivity contribution in [2.75, 3.05) is 24.1 Å². The molecule has 1 aliphatic rings. The smallest absolute Gasteiger partial charge is 0.377 e. The Balaban J connectivity index is 1.57. The van der Waals surface area contributed by atoms with Gasteiger partial charge in [-0.05, 0) is 62.4 Å². The van der Waals surface area contributed by atoms with E-state index >= 15 is 0 Å². The molecule has 0 aliphatic carbocycles. The second-order valence-corrected chi connectivity index (χ2v) is 9.80. The molecule has 1 unspecified atom stereocenters. The Morgan fingerprint density at radius 2 is 1.81 bits per heavy atom. The molecule has 3 aromatic heterocycles. The molecule has 0 spiro atoms. The van der Waals surface area contributed by atoms with E-state index in [1.54, 1.807) is 6.07 Å². The summed E-state index contributed by atoms with van der Waals surface area (Å²) < 4.78 is 83.7. The number of hydrogen-bond acceptors (Lipinski definition) is 6. The van der Waals surface area contributed by atoms with Gasteiger partial charge in [-0.25, -0.2) is 15.0 Å². The van der Waals surface area contributed by atoms with Gasteiger partial charge in [0.2, 0.25) is 5.95 Å². The number of aromatic nitrogens is 4. The van der Waals surface area contributed by atoms with E-state index in [0.29, 0.717) is 36.0 Å². The Kier molecular flexibility index (Phi) is 7.56. The molecule has 220 valence electrons. The number of imidazole rings is 1. The first-order chi connectivity index (χ1) is 19.9. The molecule has 5 rings (SSSR count). The quantitative estimate of drug-likeness (QED) is 0.262. The molecule has 1 saturated heterocycles. The Morgan fingerprint density at radius 1 is 1.05 bits per heavy atom. The van der Waals surface area contributed by atoms with Crippen molar-refractivity contribution in [1.82, 2.24) is 24.3 Å². The van der Waals surface area contributed by atoms with E-state index < -0.39 is 40.8 Å². The Bertz CT molecular complexity index is 1660. The van der Waals surface area contributed by atoms with E-state index in [2.05, 4.69) is 25.2 Å². The zero-order valence-corrected chi connectivity index (χ0v) is 22.2. The molecule has 4 aromatic rings. The van der Waals surface area contributed by atoms with Crippen LogP contribution in [-0.2, 0) is 12.4 Å². The fraction of sp³-hybridized carbons (Fsp3) is 0.286. The number of halogens is 6. The number of nitrogen functional groups attached to an aromatic ring is 1. The highest BCUT2D eigenvalue weighted by atomic mass is 19.4. The maximum Gasteiger partial charge on any atom is 0.417 e. The van der Waals surface area contributed by atoms with Crippen LogP contribution in [0.25, 0.3) is 16.9 Å². The Morgan fingerprint density at radius 3 is 2.52 bits per heavy atom. The van der Waals surface area contributed by atoms with Crippen molar-refractivity contribution >= 4 is 23.2 Å². The fourth-order valence-electron chi connectivity index (χ4n) is 5.12. The third-order valence-electron chi connectivity index (χ3n) is 6.97. The van der Waals surface area contributed by atoms with Gasteiger partial charge in [-0.3, -0.25) is 9.20 Å². The summed E-state index contributed by atoms with van der Waals surface area (Å²) in [6.07, 6.45) is -1.80. The van der Waals surface area contributed by atoms with Crippen LogP contribution in [0.2, 0.25) is 0 Å². The number of carbonyl (C=O) groups excluding carboxylic acids is 1. The summed E-state index contributed by atoms with van der Waals surface area (Å²) in [5, 5.41) is 2.13. The van der Waals surface area contributed by atoms with E-state index in [1.165, 1.54) is 10.6 Å². The number of alkyl halides is 6. The first-order valence-electron chi connectivity index (χ1n) is 12.9. The number of nitrogens with two attached hydrogens (primary N) is 1. The third kappa shape index (κ3) is 5.74.